The van der Waals surface area contributed by atoms with E-state index in [2.05, 4.69) is 12.6 Å². The molecule has 0 aliphatic heterocycles. The minimum Gasteiger partial charge on any atom is -0.290 e. The number of carbonyl (C=O) groups is 1. The van der Waals surface area contributed by atoms with Crippen molar-refractivity contribution in [1.29, 1.82) is 0 Å². The second-order valence-electron chi connectivity index (χ2n) is 1.61. The second kappa shape index (κ2) is 2.18. The molecule has 0 bridgehead atoms. The standard InChI is InChI=1S/C6H6OS/c7-5-1-3-6(8)4-2-5/h1-4,6,8H. The zero-order chi connectivity index (χ0) is 5.98. The maximum atomic E-state index is 10.4. The SMILES string of the molecule is O=C1C=CC(S)C=C1. The lowest BCUT2D eigenvalue weighted by Crippen LogP contribution is -1.97. The van der Waals surface area contributed by atoms with Crippen molar-refractivity contribution < 1.29 is 4.79 Å². The van der Waals surface area contributed by atoms with Gasteiger partial charge in [0.15, 0.2) is 5.78 Å². The summed E-state index contributed by atoms with van der Waals surface area (Å²) >= 11 is 4.08. The van der Waals surface area contributed by atoms with Crippen molar-refractivity contribution in [3.8, 4) is 0 Å². The van der Waals surface area contributed by atoms with Gasteiger partial charge in [-0.3, -0.25) is 4.79 Å². The van der Waals surface area contributed by atoms with E-state index >= 15 is 0 Å². The van der Waals surface area contributed by atoms with E-state index in [0.717, 1.165) is 0 Å². The number of rotatable bonds is 0. The molecule has 1 nitrogen and oxygen atoms in total. The third kappa shape index (κ3) is 1.23. The Labute approximate surface area is 53.5 Å². The first-order valence-corrected chi connectivity index (χ1v) is 2.89. The largest absolute Gasteiger partial charge is 0.290 e. The third-order valence-corrected chi connectivity index (χ3v) is 1.26. The maximum Gasteiger partial charge on any atom is 0.178 e. The third-order valence-electron chi connectivity index (χ3n) is 0.915. The fourth-order valence-electron chi connectivity index (χ4n) is 0.507. The van der Waals surface area contributed by atoms with Gasteiger partial charge < -0.3 is 0 Å². The smallest absolute Gasteiger partial charge is 0.178 e. The molecule has 2 heteroatoms. The Morgan fingerprint density at radius 2 is 1.88 bits per heavy atom. The van der Waals surface area contributed by atoms with Crippen LogP contribution in [-0.2, 0) is 4.79 Å². The molecule has 0 amide bonds. The average molecular weight is 126 g/mol. The van der Waals surface area contributed by atoms with Gasteiger partial charge >= 0.3 is 0 Å². The molecule has 1 aliphatic carbocycles. The van der Waals surface area contributed by atoms with Gasteiger partial charge in [0.05, 0.1) is 0 Å². The first kappa shape index (κ1) is 5.63. The quantitative estimate of drug-likeness (QED) is 0.479. The lowest BCUT2D eigenvalue weighted by Gasteiger charge is -1.98. The van der Waals surface area contributed by atoms with Crippen molar-refractivity contribution in [1.82, 2.24) is 0 Å². The number of allylic oxidation sites excluding steroid dienone is 2. The van der Waals surface area contributed by atoms with Gasteiger partial charge in [-0.1, -0.05) is 12.2 Å². The van der Waals surface area contributed by atoms with Crippen molar-refractivity contribution in [2.45, 2.75) is 5.25 Å². The molecule has 8 heavy (non-hydrogen) atoms. The second-order valence-corrected chi connectivity index (χ2v) is 2.21. The number of ketones is 1. The summed E-state index contributed by atoms with van der Waals surface area (Å²) in [6.45, 7) is 0. The van der Waals surface area contributed by atoms with Crippen LogP contribution in [-0.4, -0.2) is 11.0 Å². The Hall–Kier alpha value is -0.500. The summed E-state index contributed by atoms with van der Waals surface area (Å²) in [5, 5.41) is 0.132. The summed E-state index contributed by atoms with van der Waals surface area (Å²) in [7, 11) is 0. The molecule has 0 aromatic rings. The highest BCUT2D eigenvalue weighted by atomic mass is 32.1. The molecule has 0 N–H and O–H groups in total. The molecule has 1 rings (SSSR count). The van der Waals surface area contributed by atoms with Crippen molar-refractivity contribution in [3.05, 3.63) is 24.3 Å². The zero-order valence-electron chi connectivity index (χ0n) is 4.24. The maximum absolute atomic E-state index is 10.4. The summed E-state index contributed by atoms with van der Waals surface area (Å²) in [4.78, 5) is 10.4. The molecule has 0 atom stereocenters. The van der Waals surface area contributed by atoms with Crippen molar-refractivity contribution in [2.75, 3.05) is 0 Å². The Kier molecular flexibility index (Phi) is 1.53. The molecule has 0 fully saturated rings. The molecule has 1 aliphatic rings. The molecule has 0 heterocycles. The first-order valence-electron chi connectivity index (χ1n) is 2.37. The van der Waals surface area contributed by atoms with E-state index < -0.39 is 0 Å². The van der Waals surface area contributed by atoms with E-state index in [1.54, 1.807) is 12.2 Å². The van der Waals surface area contributed by atoms with Crippen molar-refractivity contribution in [2.24, 2.45) is 0 Å². The van der Waals surface area contributed by atoms with Gasteiger partial charge in [0.2, 0.25) is 0 Å². The number of carbonyl (C=O) groups excluding carboxylic acids is 1. The van der Waals surface area contributed by atoms with Crippen LogP contribution in [0, 0.1) is 0 Å². The van der Waals surface area contributed by atoms with Crippen LogP contribution in [0.25, 0.3) is 0 Å². The molecule has 0 unspecified atom stereocenters. The fourth-order valence-corrected chi connectivity index (χ4v) is 0.679. The van der Waals surface area contributed by atoms with Gasteiger partial charge in [-0.15, -0.1) is 0 Å². The van der Waals surface area contributed by atoms with Crippen LogP contribution < -0.4 is 0 Å². The fraction of sp³-hybridized carbons (Fsp3) is 0.167. The van der Waals surface area contributed by atoms with E-state index in [-0.39, 0.29) is 11.0 Å². The highest BCUT2D eigenvalue weighted by Gasteiger charge is 1.98. The normalized spacial score (nSPS) is 19.9. The van der Waals surface area contributed by atoms with Crippen LogP contribution in [0.15, 0.2) is 24.3 Å². The number of hydrogen-bond donors (Lipinski definition) is 1. The summed E-state index contributed by atoms with van der Waals surface area (Å²) in [6, 6.07) is 0. The van der Waals surface area contributed by atoms with E-state index in [0.29, 0.717) is 0 Å². The molecular weight excluding hydrogens is 120 g/mol. The van der Waals surface area contributed by atoms with Gasteiger partial charge in [0.25, 0.3) is 0 Å². The van der Waals surface area contributed by atoms with Gasteiger partial charge in [-0.05, 0) is 12.2 Å². The van der Waals surface area contributed by atoms with Gasteiger partial charge in [0, 0.05) is 5.25 Å². The molecular formula is C6H6OS. The molecule has 0 saturated carbocycles. The Morgan fingerprint density at radius 3 is 2.25 bits per heavy atom. The predicted molar refractivity (Wildman–Crippen MR) is 36.1 cm³/mol. The van der Waals surface area contributed by atoms with Crippen LogP contribution in [0.5, 0.6) is 0 Å². The van der Waals surface area contributed by atoms with Crippen LogP contribution in [0.2, 0.25) is 0 Å². The average Bonchev–Trinajstić information content (AvgIpc) is 1.77. The molecule has 0 aromatic carbocycles. The van der Waals surface area contributed by atoms with Crippen LogP contribution >= 0.6 is 12.6 Å². The van der Waals surface area contributed by atoms with E-state index in [1.165, 1.54) is 12.2 Å². The number of hydrogen-bond acceptors (Lipinski definition) is 2. The van der Waals surface area contributed by atoms with Gasteiger partial charge in [-0.25, -0.2) is 0 Å². The molecule has 0 spiro atoms. The lowest BCUT2D eigenvalue weighted by molar-refractivity contribution is -0.110. The van der Waals surface area contributed by atoms with E-state index in [4.69, 9.17) is 0 Å². The highest BCUT2D eigenvalue weighted by Crippen LogP contribution is 2.03. The number of thiol groups is 1. The monoisotopic (exact) mass is 126 g/mol. The Morgan fingerprint density at radius 1 is 1.38 bits per heavy atom. The molecule has 42 valence electrons. The topological polar surface area (TPSA) is 17.1 Å². The highest BCUT2D eigenvalue weighted by molar-refractivity contribution is 7.81. The van der Waals surface area contributed by atoms with E-state index in [9.17, 15) is 4.79 Å². The van der Waals surface area contributed by atoms with Crippen LogP contribution in [0.1, 0.15) is 0 Å². The molecule has 0 saturated heterocycles. The van der Waals surface area contributed by atoms with Crippen LogP contribution in [0.4, 0.5) is 0 Å². The summed E-state index contributed by atoms with van der Waals surface area (Å²) in [5.41, 5.74) is 0. The summed E-state index contributed by atoms with van der Waals surface area (Å²) < 4.78 is 0. The minimum atomic E-state index is 0.0512. The van der Waals surface area contributed by atoms with Crippen molar-refractivity contribution in [3.63, 3.8) is 0 Å². The predicted octanol–water partition coefficient (Wildman–Crippen LogP) is 0.980. The summed E-state index contributed by atoms with van der Waals surface area (Å²) in [5.74, 6) is 0.0512. The Bertz CT molecular complexity index is 142. The van der Waals surface area contributed by atoms with Gasteiger partial charge in [0.1, 0.15) is 0 Å². The Balaban J connectivity index is 2.68. The van der Waals surface area contributed by atoms with E-state index in [1.807, 2.05) is 0 Å². The first-order chi connectivity index (χ1) is 3.79. The van der Waals surface area contributed by atoms with Crippen molar-refractivity contribution >= 4 is 18.4 Å². The summed E-state index contributed by atoms with van der Waals surface area (Å²) in [6.07, 6.45) is 6.56. The van der Waals surface area contributed by atoms with Gasteiger partial charge in [-0.2, -0.15) is 12.6 Å². The molecule has 0 radical (unpaired) electrons. The van der Waals surface area contributed by atoms with Crippen LogP contribution in [0.3, 0.4) is 0 Å². The minimum absolute atomic E-state index is 0.0512. The zero-order valence-corrected chi connectivity index (χ0v) is 5.14. The molecule has 0 aromatic heterocycles. The lowest BCUT2D eigenvalue weighted by atomic mass is 10.2.